The van der Waals surface area contributed by atoms with E-state index in [4.69, 9.17) is 22.1 Å². The van der Waals surface area contributed by atoms with Gasteiger partial charge in [-0.2, -0.15) is 0 Å². The molecule has 1 aromatic carbocycles. The minimum Gasteiger partial charge on any atom is -0.375 e. The van der Waals surface area contributed by atoms with Crippen molar-refractivity contribution in [1.29, 1.82) is 0 Å². The highest BCUT2D eigenvalue weighted by atomic mass is 35.5. The maximum absolute atomic E-state index is 13.2. The summed E-state index contributed by atoms with van der Waals surface area (Å²) < 4.78 is 18.5. The zero-order chi connectivity index (χ0) is 11.4. The zero-order valence-electron chi connectivity index (χ0n) is 8.89. The van der Waals surface area contributed by atoms with E-state index in [1.807, 2.05) is 6.92 Å². The van der Waals surface area contributed by atoms with Gasteiger partial charge in [-0.05, 0) is 31.0 Å². The van der Waals surface area contributed by atoms with Crippen LogP contribution in [0.15, 0.2) is 12.1 Å². The molecule has 0 heterocycles. The van der Waals surface area contributed by atoms with Crippen molar-refractivity contribution in [3.63, 3.8) is 0 Å². The average molecular weight is 232 g/mol. The standard InChI is InChI=1S/C11H15ClFNO/c1-7-3-9(4-10(12)11(7)13)6-15-5-8(2)14/h3-4,8H,5-6,14H2,1-2H3. The summed E-state index contributed by atoms with van der Waals surface area (Å²) in [7, 11) is 0. The predicted molar refractivity (Wildman–Crippen MR) is 59.5 cm³/mol. The van der Waals surface area contributed by atoms with Crippen molar-refractivity contribution in [2.45, 2.75) is 26.5 Å². The lowest BCUT2D eigenvalue weighted by molar-refractivity contribution is 0.111. The summed E-state index contributed by atoms with van der Waals surface area (Å²) in [6.07, 6.45) is 0. The molecule has 0 radical (unpaired) electrons. The van der Waals surface area contributed by atoms with Gasteiger partial charge in [0.05, 0.1) is 18.2 Å². The molecule has 4 heteroatoms. The maximum atomic E-state index is 13.2. The van der Waals surface area contributed by atoms with Gasteiger partial charge in [0.25, 0.3) is 0 Å². The molecule has 0 spiro atoms. The molecule has 1 unspecified atom stereocenters. The highest BCUT2D eigenvalue weighted by Gasteiger charge is 2.06. The Morgan fingerprint density at radius 1 is 1.53 bits per heavy atom. The lowest BCUT2D eigenvalue weighted by atomic mass is 10.1. The van der Waals surface area contributed by atoms with Gasteiger partial charge in [0.2, 0.25) is 0 Å². The lowest BCUT2D eigenvalue weighted by Crippen LogP contribution is -2.21. The smallest absolute Gasteiger partial charge is 0.144 e. The third-order valence-electron chi connectivity index (χ3n) is 1.92. The fourth-order valence-electron chi connectivity index (χ4n) is 1.24. The fourth-order valence-corrected chi connectivity index (χ4v) is 1.53. The van der Waals surface area contributed by atoms with E-state index in [-0.39, 0.29) is 16.9 Å². The molecule has 0 bridgehead atoms. The van der Waals surface area contributed by atoms with Gasteiger partial charge in [0.15, 0.2) is 0 Å². The van der Waals surface area contributed by atoms with E-state index in [1.165, 1.54) is 0 Å². The Bertz CT molecular complexity index is 318. The first-order chi connectivity index (χ1) is 7.00. The van der Waals surface area contributed by atoms with Crippen LogP contribution in [0.25, 0.3) is 0 Å². The van der Waals surface area contributed by atoms with Crippen LogP contribution in [0.3, 0.4) is 0 Å². The second kappa shape index (κ2) is 5.45. The number of nitrogens with two attached hydrogens (primary N) is 1. The van der Waals surface area contributed by atoms with Crippen LogP contribution in [-0.2, 0) is 11.3 Å². The van der Waals surface area contributed by atoms with E-state index in [2.05, 4.69) is 0 Å². The van der Waals surface area contributed by atoms with E-state index in [1.54, 1.807) is 19.1 Å². The van der Waals surface area contributed by atoms with Gasteiger partial charge in [0.1, 0.15) is 5.82 Å². The first kappa shape index (κ1) is 12.4. The molecule has 0 aromatic heterocycles. The molecule has 0 fully saturated rings. The summed E-state index contributed by atoms with van der Waals surface area (Å²) in [5.41, 5.74) is 6.92. The van der Waals surface area contributed by atoms with Crippen LogP contribution in [0.4, 0.5) is 4.39 Å². The van der Waals surface area contributed by atoms with Crippen LogP contribution in [-0.4, -0.2) is 12.6 Å². The second-order valence-electron chi connectivity index (χ2n) is 3.70. The predicted octanol–water partition coefficient (Wildman–Crippen LogP) is 2.65. The Labute approximate surface area is 94.2 Å². The maximum Gasteiger partial charge on any atom is 0.144 e. The third kappa shape index (κ3) is 3.78. The van der Waals surface area contributed by atoms with Crippen LogP contribution in [0.1, 0.15) is 18.1 Å². The number of ether oxygens (including phenoxy) is 1. The summed E-state index contributed by atoms with van der Waals surface area (Å²) in [6.45, 7) is 4.43. The molecule has 0 aliphatic carbocycles. The minimum absolute atomic E-state index is 0.00187. The highest BCUT2D eigenvalue weighted by Crippen LogP contribution is 2.20. The normalized spacial score (nSPS) is 12.9. The molecular weight excluding hydrogens is 217 g/mol. The number of benzene rings is 1. The van der Waals surface area contributed by atoms with Crippen molar-refractivity contribution in [1.82, 2.24) is 0 Å². The lowest BCUT2D eigenvalue weighted by Gasteiger charge is -2.08. The van der Waals surface area contributed by atoms with Crippen molar-refractivity contribution in [3.8, 4) is 0 Å². The summed E-state index contributed by atoms with van der Waals surface area (Å²) in [5.74, 6) is -0.368. The molecule has 0 saturated carbocycles. The van der Waals surface area contributed by atoms with Crippen molar-refractivity contribution in [3.05, 3.63) is 34.1 Å². The zero-order valence-corrected chi connectivity index (χ0v) is 9.64. The molecule has 15 heavy (non-hydrogen) atoms. The molecule has 2 nitrogen and oxygen atoms in total. The van der Waals surface area contributed by atoms with Gasteiger partial charge in [-0.1, -0.05) is 17.7 Å². The van der Waals surface area contributed by atoms with Gasteiger partial charge >= 0.3 is 0 Å². The topological polar surface area (TPSA) is 35.2 Å². The van der Waals surface area contributed by atoms with Crippen molar-refractivity contribution >= 4 is 11.6 Å². The van der Waals surface area contributed by atoms with Gasteiger partial charge in [-0.3, -0.25) is 0 Å². The summed E-state index contributed by atoms with van der Waals surface area (Å²) in [4.78, 5) is 0. The van der Waals surface area contributed by atoms with Crippen LogP contribution in [0.5, 0.6) is 0 Å². The molecule has 84 valence electrons. The Balaban J connectivity index is 2.63. The Morgan fingerprint density at radius 3 is 2.73 bits per heavy atom. The first-order valence-electron chi connectivity index (χ1n) is 4.78. The number of halogens is 2. The fraction of sp³-hybridized carbons (Fsp3) is 0.455. The third-order valence-corrected chi connectivity index (χ3v) is 2.19. The first-order valence-corrected chi connectivity index (χ1v) is 5.16. The van der Waals surface area contributed by atoms with Crippen LogP contribution in [0, 0.1) is 12.7 Å². The number of hydrogen-bond acceptors (Lipinski definition) is 2. The summed E-state index contributed by atoms with van der Waals surface area (Å²) in [6, 6.07) is 3.30. The minimum atomic E-state index is -0.368. The number of hydrogen-bond donors (Lipinski definition) is 1. The Hall–Kier alpha value is -0.640. The highest BCUT2D eigenvalue weighted by molar-refractivity contribution is 6.30. The summed E-state index contributed by atoms with van der Waals surface area (Å²) in [5, 5.41) is 0.134. The largest absolute Gasteiger partial charge is 0.375 e. The van der Waals surface area contributed by atoms with E-state index >= 15 is 0 Å². The quantitative estimate of drug-likeness (QED) is 0.865. The van der Waals surface area contributed by atoms with Gasteiger partial charge in [-0.25, -0.2) is 4.39 Å². The molecular formula is C11H15ClFNO. The van der Waals surface area contributed by atoms with Gasteiger partial charge in [0, 0.05) is 6.04 Å². The van der Waals surface area contributed by atoms with E-state index < -0.39 is 0 Å². The molecule has 0 aliphatic heterocycles. The Kier molecular flexibility index (Phi) is 4.51. The monoisotopic (exact) mass is 231 g/mol. The van der Waals surface area contributed by atoms with E-state index in [0.717, 1.165) is 5.56 Å². The SMILES string of the molecule is Cc1cc(COCC(C)N)cc(Cl)c1F. The number of aryl methyl sites for hydroxylation is 1. The van der Waals surface area contributed by atoms with Crippen LogP contribution >= 0.6 is 11.6 Å². The van der Waals surface area contributed by atoms with Crippen LogP contribution in [0.2, 0.25) is 5.02 Å². The van der Waals surface area contributed by atoms with Crippen LogP contribution < -0.4 is 5.73 Å². The summed E-state index contributed by atoms with van der Waals surface area (Å²) >= 11 is 5.71. The van der Waals surface area contributed by atoms with Crippen molar-refractivity contribution in [2.75, 3.05) is 6.61 Å². The molecule has 0 amide bonds. The van der Waals surface area contributed by atoms with Crippen molar-refractivity contribution in [2.24, 2.45) is 5.73 Å². The molecule has 2 N–H and O–H groups in total. The molecule has 1 atom stereocenters. The average Bonchev–Trinajstić information content (AvgIpc) is 2.13. The molecule has 0 aliphatic rings. The van der Waals surface area contributed by atoms with E-state index in [0.29, 0.717) is 18.8 Å². The van der Waals surface area contributed by atoms with E-state index in [9.17, 15) is 4.39 Å². The number of rotatable bonds is 4. The molecule has 1 rings (SSSR count). The van der Waals surface area contributed by atoms with Crippen molar-refractivity contribution < 1.29 is 9.13 Å². The second-order valence-corrected chi connectivity index (χ2v) is 4.11. The molecule has 1 aromatic rings. The molecule has 0 saturated heterocycles. The van der Waals surface area contributed by atoms with Gasteiger partial charge in [-0.15, -0.1) is 0 Å². The Morgan fingerprint density at radius 2 is 2.20 bits per heavy atom. The van der Waals surface area contributed by atoms with Gasteiger partial charge < -0.3 is 10.5 Å².